The number of nitrogens with zero attached hydrogens (tertiary/aromatic N) is 1. The van der Waals surface area contributed by atoms with E-state index in [0.29, 0.717) is 19.7 Å². The van der Waals surface area contributed by atoms with Crippen molar-refractivity contribution >= 4 is 11.8 Å². The van der Waals surface area contributed by atoms with Crippen molar-refractivity contribution in [1.82, 2.24) is 10.2 Å². The van der Waals surface area contributed by atoms with Gasteiger partial charge in [0.25, 0.3) is 0 Å². The number of amides is 2. The predicted octanol–water partition coefficient (Wildman–Crippen LogP) is -0.127. The molecule has 1 aliphatic rings. The third-order valence-electron chi connectivity index (χ3n) is 3.06. The molecule has 0 atom stereocenters. The minimum absolute atomic E-state index is 0.237. The highest BCUT2D eigenvalue weighted by Crippen LogP contribution is 2.12. The zero-order chi connectivity index (χ0) is 14.4. The molecule has 0 aliphatic carbocycles. The van der Waals surface area contributed by atoms with Gasteiger partial charge in [-0.15, -0.1) is 0 Å². The molecule has 0 saturated carbocycles. The molecule has 0 unspecified atom stereocenters. The second-order valence-corrected chi connectivity index (χ2v) is 4.73. The van der Waals surface area contributed by atoms with Crippen LogP contribution in [-0.2, 0) is 16.1 Å². The molecule has 1 aromatic carbocycles. The highest BCUT2D eigenvalue weighted by molar-refractivity contribution is 5.99. The summed E-state index contributed by atoms with van der Waals surface area (Å²) in [6.45, 7) is 2.29. The van der Waals surface area contributed by atoms with Gasteiger partial charge < -0.3 is 10.5 Å². The van der Waals surface area contributed by atoms with Crippen LogP contribution in [0.25, 0.3) is 0 Å². The Morgan fingerprint density at radius 1 is 1.15 bits per heavy atom. The molecule has 6 nitrogen and oxygen atoms in total. The molecule has 1 heterocycles. The molecule has 1 saturated heterocycles. The van der Waals surface area contributed by atoms with E-state index < -0.39 is 0 Å². The molecule has 1 fully saturated rings. The van der Waals surface area contributed by atoms with Crippen LogP contribution in [0.4, 0.5) is 0 Å². The summed E-state index contributed by atoms with van der Waals surface area (Å²) < 4.78 is 5.60. The number of carbonyl (C=O) groups is 2. The minimum atomic E-state index is -0.237. The molecule has 20 heavy (non-hydrogen) atoms. The number of benzene rings is 1. The summed E-state index contributed by atoms with van der Waals surface area (Å²) in [5.41, 5.74) is 6.59. The van der Waals surface area contributed by atoms with Crippen molar-refractivity contribution in [2.24, 2.45) is 5.73 Å². The van der Waals surface area contributed by atoms with E-state index >= 15 is 0 Å². The lowest BCUT2D eigenvalue weighted by Gasteiger charge is -2.24. The first-order valence-electron chi connectivity index (χ1n) is 6.64. The highest BCUT2D eigenvalue weighted by atomic mass is 16.5. The first-order chi connectivity index (χ1) is 9.67. The summed E-state index contributed by atoms with van der Waals surface area (Å²) in [7, 11) is 0. The number of rotatable bonds is 6. The first-order valence-corrected chi connectivity index (χ1v) is 6.64. The molecular formula is C14H19N3O3. The maximum Gasteiger partial charge on any atom is 0.240 e. The summed E-state index contributed by atoms with van der Waals surface area (Å²) in [5.74, 6) is 0.328. The number of nitrogens with one attached hydrogen (secondary N) is 1. The lowest BCUT2D eigenvalue weighted by Crippen LogP contribution is -2.51. The van der Waals surface area contributed by atoms with Crippen LogP contribution in [0.3, 0.4) is 0 Å². The summed E-state index contributed by atoms with van der Waals surface area (Å²) >= 11 is 0. The third-order valence-corrected chi connectivity index (χ3v) is 3.06. The van der Waals surface area contributed by atoms with E-state index in [9.17, 15) is 9.59 Å². The first kappa shape index (κ1) is 14.5. The van der Waals surface area contributed by atoms with Gasteiger partial charge in [-0.2, -0.15) is 0 Å². The van der Waals surface area contributed by atoms with E-state index in [1.807, 2.05) is 29.2 Å². The fourth-order valence-electron chi connectivity index (χ4n) is 2.05. The van der Waals surface area contributed by atoms with Crippen molar-refractivity contribution in [2.75, 3.05) is 26.2 Å². The SMILES string of the molecule is NCc1ccc(OCCCN2CC(=O)NC(=O)C2)cc1. The number of imide groups is 1. The summed E-state index contributed by atoms with van der Waals surface area (Å²) in [6.07, 6.45) is 0.763. The molecule has 3 N–H and O–H groups in total. The quantitative estimate of drug-likeness (QED) is 0.559. The smallest absolute Gasteiger partial charge is 0.240 e. The molecule has 108 valence electrons. The molecule has 0 bridgehead atoms. The zero-order valence-corrected chi connectivity index (χ0v) is 11.3. The molecule has 1 aromatic rings. The van der Waals surface area contributed by atoms with Gasteiger partial charge in [0.2, 0.25) is 11.8 Å². The number of piperazine rings is 1. The van der Waals surface area contributed by atoms with Crippen LogP contribution in [0, 0.1) is 0 Å². The van der Waals surface area contributed by atoms with Gasteiger partial charge in [0, 0.05) is 13.1 Å². The van der Waals surface area contributed by atoms with E-state index in [0.717, 1.165) is 17.7 Å². The predicted molar refractivity (Wildman–Crippen MR) is 74.0 cm³/mol. The Bertz CT molecular complexity index is 457. The standard InChI is InChI=1S/C14H19N3O3/c15-8-11-2-4-12(5-3-11)20-7-1-6-17-9-13(18)16-14(19)10-17/h2-5H,1,6-10,15H2,(H,16,18,19). The van der Waals surface area contributed by atoms with Crippen molar-refractivity contribution in [2.45, 2.75) is 13.0 Å². The molecule has 0 spiro atoms. The Kier molecular flexibility index (Phi) is 5.09. The van der Waals surface area contributed by atoms with Gasteiger partial charge in [0.1, 0.15) is 5.75 Å². The van der Waals surface area contributed by atoms with E-state index in [1.54, 1.807) is 0 Å². The van der Waals surface area contributed by atoms with Crippen LogP contribution < -0.4 is 15.8 Å². The third kappa shape index (κ3) is 4.32. The number of ether oxygens (including phenoxy) is 1. The van der Waals surface area contributed by atoms with Gasteiger partial charge in [-0.25, -0.2) is 0 Å². The van der Waals surface area contributed by atoms with E-state index in [2.05, 4.69) is 5.32 Å². The van der Waals surface area contributed by atoms with Crippen molar-refractivity contribution in [1.29, 1.82) is 0 Å². The summed E-state index contributed by atoms with van der Waals surface area (Å²) in [6, 6.07) is 7.64. The minimum Gasteiger partial charge on any atom is -0.494 e. The number of hydrogen-bond donors (Lipinski definition) is 2. The summed E-state index contributed by atoms with van der Waals surface area (Å²) in [5, 5.41) is 2.28. The Balaban J connectivity index is 1.68. The molecule has 1 aliphatic heterocycles. The summed E-state index contributed by atoms with van der Waals surface area (Å²) in [4.78, 5) is 24.2. The van der Waals surface area contributed by atoms with Crippen molar-refractivity contribution in [3.8, 4) is 5.75 Å². The molecule has 6 heteroatoms. The Labute approximate surface area is 117 Å². The highest BCUT2D eigenvalue weighted by Gasteiger charge is 2.21. The fraction of sp³-hybridized carbons (Fsp3) is 0.429. The lowest BCUT2D eigenvalue weighted by molar-refractivity contribution is -0.136. The second kappa shape index (κ2) is 7.02. The van der Waals surface area contributed by atoms with E-state index in [1.165, 1.54) is 0 Å². The van der Waals surface area contributed by atoms with Crippen LogP contribution in [0.1, 0.15) is 12.0 Å². The van der Waals surface area contributed by atoms with Crippen molar-refractivity contribution in [3.05, 3.63) is 29.8 Å². The molecule has 0 aromatic heterocycles. The fourth-order valence-corrected chi connectivity index (χ4v) is 2.05. The van der Waals surface area contributed by atoms with Crippen LogP contribution in [0.2, 0.25) is 0 Å². The van der Waals surface area contributed by atoms with Gasteiger partial charge in [0.15, 0.2) is 0 Å². The molecular weight excluding hydrogens is 258 g/mol. The largest absolute Gasteiger partial charge is 0.494 e. The lowest BCUT2D eigenvalue weighted by atomic mass is 10.2. The monoisotopic (exact) mass is 277 g/mol. The van der Waals surface area contributed by atoms with E-state index in [-0.39, 0.29) is 24.9 Å². The topological polar surface area (TPSA) is 84.7 Å². The molecule has 0 radical (unpaired) electrons. The number of carbonyl (C=O) groups excluding carboxylic acids is 2. The van der Waals surface area contributed by atoms with Crippen LogP contribution >= 0.6 is 0 Å². The number of hydrogen-bond acceptors (Lipinski definition) is 5. The Morgan fingerprint density at radius 2 is 1.80 bits per heavy atom. The van der Waals surface area contributed by atoms with Crippen molar-refractivity contribution in [3.63, 3.8) is 0 Å². The van der Waals surface area contributed by atoms with Gasteiger partial charge in [-0.3, -0.25) is 19.8 Å². The Morgan fingerprint density at radius 3 is 2.40 bits per heavy atom. The normalized spacial score (nSPS) is 16.1. The van der Waals surface area contributed by atoms with E-state index in [4.69, 9.17) is 10.5 Å². The number of nitrogens with two attached hydrogens (primary N) is 1. The van der Waals surface area contributed by atoms with Gasteiger partial charge in [-0.1, -0.05) is 12.1 Å². The molecule has 2 rings (SSSR count). The average molecular weight is 277 g/mol. The van der Waals surface area contributed by atoms with Crippen LogP contribution in [0.15, 0.2) is 24.3 Å². The average Bonchev–Trinajstić information content (AvgIpc) is 2.43. The maximum atomic E-state index is 11.2. The van der Waals surface area contributed by atoms with Crippen molar-refractivity contribution < 1.29 is 14.3 Å². The second-order valence-electron chi connectivity index (χ2n) is 4.73. The van der Waals surface area contributed by atoms with Gasteiger partial charge in [-0.05, 0) is 24.1 Å². The van der Waals surface area contributed by atoms with Gasteiger partial charge in [0.05, 0.1) is 19.7 Å². The molecule has 2 amide bonds. The zero-order valence-electron chi connectivity index (χ0n) is 11.3. The van der Waals surface area contributed by atoms with Gasteiger partial charge >= 0.3 is 0 Å². The van der Waals surface area contributed by atoms with Crippen LogP contribution in [-0.4, -0.2) is 43.0 Å². The van der Waals surface area contributed by atoms with Crippen LogP contribution in [0.5, 0.6) is 5.75 Å². The Hall–Kier alpha value is -1.92. The maximum absolute atomic E-state index is 11.2.